The van der Waals surface area contributed by atoms with Crippen molar-refractivity contribution in [2.75, 3.05) is 12.4 Å². The minimum absolute atomic E-state index is 0.525. The Morgan fingerprint density at radius 2 is 2.12 bits per heavy atom. The van der Waals surface area contributed by atoms with Crippen LogP contribution in [0.5, 0.6) is 0 Å². The Kier molecular flexibility index (Phi) is 3.64. The van der Waals surface area contributed by atoms with Crippen molar-refractivity contribution in [3.63, 3.8) is 0 Å². The summed E-state index contributed by atoms with van der Waals surface area (Å²) >= 11 is 1.70. The number of ether oxygens (including phenoxy) is 1. The van der Waals surface area contributed by atoms with Gasteiger partial charge in [0.05, 0.1) is 6.54 Å². The average Bonchev–Trinajstić information content (AvgIpc) is 2.86. The van der Waals surface area contributed by atoms with E-state index in [0.717, 1.165) is 11.5 Å². The zero-order valence-electron chi connectivity index (χ0n) is 9.45. The van der Waals surface area contributed by atoms with Gasteiger partial charge in [-0.15, -0.1) is 11.3 Å². The number of nitrogens with one attached hydrogen (secondary N) is 1. The Morgan fingerprint density at radius 1 is 1.31 bits per heavy atom. The van der Waals surface area contributed by atoms with E-state index in [1.54, 1.807) is 18.4 Å². The zero-order valence-corrected chi connectivity index (χ0v) is 10.3. The van der Waals surface area contributed by atoms with Crippen molar-refractivity contribution >= 4 is 17.0 Å². The van der Waals surface area contributed by atoms with Gasteiger partial charge < -0.3 is 14.5 Å². The molecular weight excluding hydrogens is 222 g/mol. The molecule has 2 aromatic rings. The van der Waals surface area contributed by atoms with Gasteiger partial charge in [0.25, 0.3) is 0 Å². The van der Waals surface area contributed by atoms with Crippen LogP contribution in [0.25, 0.3) is 0 Å². The van der Waals surface area contributed by atoms with Crippen molar-refractivity contribution in [1.82, 2.24) is 0 Å². The summed E-state index contributed by atoms with van der Waals surface area (Å²) in [5.41, 5.74) is 2.45. The van der Waals surface area contributed by atoms with Crippen LogP contribution in [0, 0.1) is 6.92 Å². The highest BCUT2D eigenvalue weighted by atomic mass is 32.1. The summed E-state index contributed by atoms with van der Waals surface area (Å²) < 4.78 is 10.6. The number of hydrogen-bond donors (Lipinski definition) is 1. The number of furan rings is 1. The first-order chi connectivity index (χ1) is 7.79. The molecule has 2 aromatic heterocycles. The molecule has 0 aliphatic carbocycles. The van der Waals surface area contributed by atoms with E-state index in [1.165, 1.54) is 11.3 Å². The molecule has 0 fully saturated rings. The van der Waals surface area contributed by atoms with Gasteiger partial charge in [-0.1, -0.05) is 0 Å². The highest BCUT2D eigenvalue weighted by Gasteiger charge is 2.03. The predicted octanol–water partition coefficient (Wildman–Crippen LogP) is 3.41. The summed E-state index contributed by atoms with van der Waals surface area (Å²) in [6.45, 7) is 3.33. The lowest BCUT2D eigenvalue weighted by atomic mass is 10.3. The van der Waals surface area contributed by atoms with E-state index in [2.05, 4.69) is 23.0 Å². The molecule has 0 saturated carbocycles. The molecule has 0 amide bonds. The Bertz CT molecular complexity index is 447. The summed E-state index contributed by atoms with van der Waals surface area (Å²) in [7, 11) is 1.66. The number of hydrogen-bond acceptors (Lipinski definition) is 4. The van der Waals surface area contributed by atoms with Crippen molar-refractivity contribution in [1.29, 1.82) is 0 Å². The molecule has 0 atom stereocenters. The molecule has 0 radical (unpaired) electrons. The fourth-order valence-electron chi connectivity index (χ4n) is 1.46. The van der Waals surface area contributed by atoms with E-state index < -0.39 is 0 Å². The van der Waals surface area contributed by atoms with Crippen molar-refractivity contribution in [2.24, 2.45) is 0 Å². The van der Waals surface area contributed by atoms with Crippen LogP contribution in [0.3, 0.4) is 0 Å². The lowest BCUT2D eigenvalue weighted by Crippen LogP contribution is -1.97. The summed E-state index contributed by atoms with van der Waals surface area (Å²) in [5.74, 6) is 1.79. The Labute approximate surface area is 99.0 Å². The molecule has 2 rings (SSSR count). The second-order valence-electron chi connectivity index (χ2n) is 3.62. The van der Waals surface area contributed by atoms with Crippen LogP contribution < -0.4 is 5.32 Å². The SMILES string of the molecule is COCc1ccc(CNc2cscc2C)o1. The van der Waals surface area contributed by atoms with Crippen LogP contribution in [0.4, 0.5) is 5.69 Å². The van der Waals surface area contributed by atoms with Gasteiger partial charge in [-0.3, -0.25) is 0 Å². The number of aryl methyl sites for hydroxylation is 1. The molecule has 16 heavy (non-hydrogen) atoms. The van der Waals surface area contributed by atoms with Gasteiger partial charge in [-0.05, 0) is 30.0 Å². The quantitative estimate of drug-likeness (QED) is 0.865. The van der Waals surface area contributed by atoms with Gasteiger partial charge in [0.15, 0.2) is 0 Å². The van der Waals surface area contributed by atoms with E-state index in [4.69, 9.17) is 9.15 Å². The molecule has 0 aliphatic heterocycles. The maximum atomic E-state index is 5.58. The summed E-state index contributed by atoms with van der Waals surface area (Å²) in [6, 6.07) is 3.92. The number of rotatable bonds is 5. The predicted molar refractivity (Wildman–Crippen MR) is 65.8 cm³/mol. The van der Waals surface area contributed by atoms with E-state index in [9.17, 15) is 0 Å². The Hall–Kier alpha value is -1.26. The molecule has 1 N–H and O–H groups in total. The largest absolute Gasteiger partial charge is 0.462 e. The van der Waals surface area contributed by atoms with E-state index in [1.807, 2.05) is 12.1 Å². The van der Waals surface area contributed by atoms with Crippen LogP contribution in [0.2, 0.25) is 0 Å². The highest BCUT2D eigenvalue weighted by molar-refractivity contribution is 7.08. The molecule has 4 heteroatoms. The third-order valence-corrected chi connectivity index (χ3v) is 3.17. The molecule has 0 unspecified atom stereocenters. The monoisotopic (exact) mass is 237 g/mol. The minimum atomic E-state index is 0.525. The molecule has 0 saturated heterocycles. The maximum Gasteiger partial charge on any atom is 0.129 e. The van der Waals surface area contributed by atoms with Crippen molar-refractivity contribution in [3.8, 4) is 0 Å². The summed E-state index contributed by atoms with van der Waals surface area (Å²) in [5, 5.41) is 7.57. The number of anilines is 1. The fourth-order valence-corrected chi connectivity index (χ4v) is 2.27. The number of thiophene rings is 1. The maximum absolute atomic E-state index is 5.58. The first-order valence-electron chi connectivity index (χ1n) is 5.13. The Morgan fingerprint density at radius 3 is 2.81 bits per heavy atom. The second-order valence-corrected chi connectivity index (χ2v) is 4.37. The van der Waals surface area contributed by atoms with Gasteiger partial charge >= 0.3 is 0 Å². The average molecular weight is 237 g/mol. The zero-order chi connectivity index (χ0) is 11.4. The van der Waals surface area contributed by atoms with E-state index in [0.29, 0.717) is 13.2 Å². The summed E-state index contributed by atoms with van der Waals surface area (Å²) in [6.07, 6.45) is 0. The molecule has 0 spiro atoms. The molecule has 0 aromatic carbocycles. The van der Waals surface area contributed by atoms with Gasteiger partial charge in [0.2, 0.25) is 0 Å². The van der Waals surface area contributed by atoms with Crippen LogP contribution in [-0.2, 0) is 17.9 Å². The van der Waals surface area contributed by atoms with Crippen molar-refractivity contribution in [2.45, 2.75) is 20.1 Å². The van der Waals surface area contributed by atoms with Crippen molar-refractivity contribution < 1.29 is 9.15 Å². The molecule has 86 valence electrons. The van der Waals surface area contributed by atoms with Crippen LogP contribution >= 0.6 is 11.3 Å². The van der Waals surface area contributed by atoms with E-state index in [-0.39, 0.29) is 0 Å². The first-order valence-corrected chi connectivity index (χ1v) is 6.07. The molecule has 0 aliphatic rings. The lowest BCUT2D eigenvalue weighted by molar-refractivity contribution is 0.163. The third kappa shape index (κ3) is 2.65. The third-order valence-electron chi connectivity index (χ3n) is 2.31. The number of methoxy groups -OCH3 is 1. The molecule has 3 nitrogen and oxygen atoms in total. The van der Waals surface area contributed by atoms with Gasteiger partial charge in [-0.2, -0.15) is 0 Å². The topological polar surface area (TPSA) is 34.4 Å². The molecule has 0 bridgehead atoms. The van der Waals surface area contributed by atoms with Crippen LogP contribution in [0.1, 0.15) is 17.1 Å². The minimum Gasteiger partial charge on any atom is -0.462 e. The summed E-state index contributed by atoms with van der Waals surface area (Å²) in [4.78, 5) is 0. The lowest BCUT2D eigenvalue weighted by Gasteiger charge is -2.02. The van der Waals surface area contributed by atoms with E-state index >= 15 is 0 Å². The first kappa shape index (κ1) is 11.2. The second kappa shape index (κ2) is 5.18. The Balaban J connectivity index is 1.92. The van der Waals surface area contributed by atoms with Crippen LogP contribution in [-0.4, -0.2) is 7.11 Å². The van der Waals surface area contributed by atoms with Gasteiger partial charge in [0, 0.05) is 18.2 Å². The van der Waals surface area contributed by atoms with Crippen LogP contribution in [0.15, 0.2) is 27.3 Å². The van der Waals surface area contributed by atoms with Gasteiger partial charge in [-0.25, -0.2) is 0 Å². The highest BCUT2D eigenvalue weighted by Crippen LogP contribution is 2.20. The van der Waals surface area contributed by atoms with Crippen molar-refractivity contribution in [3.05, 3.63) is 40.0 Å². The smallest absolute Gasteiger partial charge is 0.129 e. The fraction of sp³-hybridized carbons (Fsp3) is 0.333. The molecule has 2 heterocycles. The molecular formula is C12H15NO2S. The van der Waals surface area contributed by atoms with Gasteiger partial charge in [0.1, 0.15) is 18.1 Å². The normalized spacial score (nSPS) is 10.6. The standard InChI is InChI=1S/C12H15NO2S/c1-9-7-16-8-12(9)13-5-10-3-4-11(15-10)6-14-2/h3-4,7-8,13H,5-6H2,1-2H3.